The van der Waals surface area contributed by atoms with Crippen LogP contribution in [0.4, 0.5) is 5.69 Å². The van der Waals surface area contributed by atoms with Crippen LogP contribution in [-0.2, 0) is 11.2 Å². The van der Waals surface area contributed by atoms with Gasteiger partial charge in [-0.05, 0) is 42.8 Å². The quantitative estimate of drug-likeness (QED) is 0.686. The molecule has 1 aliphatic heterocycles. The highest BCUT2D eigenvalue weighted by Crippen LogP contribution is 2.25. The number of nitrogens with zero attached hydrogens (tertiary/aromatic N) is 4. The van der Waals surface area contributed by atoms with Crippen molar-refractivity contribution in [2.45, 2.75) is 25.4 Å². The predicted molar refractivity (Wildman–Crippen MR) is 116 cm³/mol. The molecule has 1 amide bonds. The van der Waals surface area contributed by atoms with Crippen molar-refractivity contribution in [3.63, 3.8) is 0 Å². The molecule has 7 heteroatoms. The third kappa shape index (κ3) is 4.23. The van der Waals surface area contributed by atoms with E-state index in [9.17, 15) is 4.79 Å². The fraction of sp³-hybridized carbons (Fsp3) is 0.261. The van der Waals surface area contributed by atoms with Crippen molar-refractivity contribution in [1.82, 2.24) is 14.9 Å². The maximum Gasteiger partial charge on any atom is 0.241 e. The monoisotopic (exact) mass is 419 g/mol. The summed E-state index contributed by atoms with van der Waals surface area (Å²) in [4.78, 5) is 18.8. The number of piperazine rings is 1. The second-order valence-electron chi connectivity index (χ2n) is 7.45. The summed E-state index contributed by atoms with van der Waals surface area (Å²) in [5.41, 5.74) is 2.56. The molecule has 0 spiro atoms. The Bertz CT molecular complexity index is 1090. The number of nitrogens with one attached hydrogen (secondary N) is 1. The number of hydrogen-bond donors (Lipinski definition) is 1. The van der Waals surface area contributed by atoms with Gasteiger partial charge >= 0.3 is 0 Å². The van der Waals surface area contributed by atoms with Gasteiger partial charge in [-0.1, -0.05) is 29.8 Å². The first-order valence-electron chi connectivity index (χ1n) is 9.85. The van der Waals surface area contributed by atoms with E-state index in [4.69, 9.17) is 16.9 Å². The van der Waals surface area contributed by atoms with Gasteiger partial charge in [-0.3, -0.25) is 4.79 Å². The van der Waals surface area contributed by atoms with Crippen LogP contribution in [0.3, 0.4) is 0 Å². The molecule has 0 saturated carbocycles. The molecule has 6 nitrogen and oxygen atoms in total. The Labute approximate surface area is 180 Å². The Morgan fingerprint density at radius 2 is 2.10 bits per heavy atom. The van der Waals surface area contributed by atoms with E-state index in [1.807, 2.05) is 48.7 Å². The lowest BCUT2D eigenvalue weighted by Crippen LogP contribution is -2.56. The average molecular weight is 420 g/mol. The Balaban J connectivity index is 1.52. The fourth-order valence-electron chi connectivity index (χ4n) is 3.82. The van der Waals surface area contributed by atoms with Crippen LogP contribution < -0.4 is 10.2 Å². The van der Waals surface area contributed by atoms with E-state index in [2.05, 4.69) is 27.9 Å². The van der Waals surface area contributed by atoms with Crippen LogP contribution in [0.15, 0.2) is 60.9 Å². The lowest BCUT2D eigenvalue weighted by Gasteiger charge is -2.37. The van der Waals surface area contributed by atoms with Crippen molar-refractivity contribution in [1.29, 1.82) is 5.26 Å². The van der Waals surface area contributed by atoms with E-state index >= 15 is 0 Å². The Morgan fingerprint density at radius 1 is 1.30 bits per heavy atom. The molecule has 1 fully saturated rings. The first kappa shape index (κ1) is 20.1. The molecule has 1 aromatic heterocycles. The van der Waals surface area contributed by atoms with E-state index in [0.29, 0.717) is 23.6 Å². The zero-order chi connectivity index (χ0) is 21.1. The zero-order valence-electron chi connectivity index (χ0n) is 16.6. The first-order chi connectivity index (χ1) is 14.5. The van der Waals surface area contributed by atoms with Gasteiger partial charge in [-0.15, -0.1) is 0 Å². The summed E-state index contributed by atoms with van der Waals surface area (Å²) in [6.45, 7) is 2.96. The van der Waals surface area contributed by atoms with E-state index in [-0.39, 0.29) is 24.5 Å². The summed E-state index contributed by atoms with van der Waals surface area (Å²) in [7, 11) is 0. The molecule has 2 unspecified atom stereocenters. The molecule has 2 atom stereocenters. The van der Waals surface area contributed by atoms with Gasteiger partial charge in [0.05, 0.1) is 18.2 Å². The number of nitriles is 1. The zero-order valence-corrected chi connectivity index (χ0v) is 17.4. The number of carbonyl (C=O) groups excluding carboxylic acids is 1. The van der Waals surface area contributed by atoms with Crippen molar-refractivity contribution in [2.24, 2.45) is 0 Å². The summed E-state index contributed by atoms with van der Waals surface area (Å²) in [6, 6.07) is 17.3. The highest BCUT2D eigenvalue weighted by atomic mass is 35.5. The number of carbonyl (C=O) groups is 1. The van der Waals surface area contributed by atoms with E-state index in [0.717, 1.165) is 17.1 Å². The van der Waals surface area contributed by atoms with Crippen molar-refractivity contribution < 1.29 is 4.79 Å². The molecule has 152 valence electrons. The molecular formula is C23H22ClN5O. The van der Waals surface area contributed by atoms with Gasteiger partial charge < -0.3 is 14.8 Å². The SMILES string of the molecule is CC(C1CN(c2cccc(Cl)c2)C(=O)CN1)n1ccnc1Cc1ccc(C#N)cc1. The van der Waals surface area contributed by atoms with Crippen LogP contribution >= 0.6 is 11.6 Å². The largest absolute Gasteiger partial charge is 0.330 e. The minimum absolute atomic E-state index is 0.0316. The molecule has 2 heterocycles. The molecule has 30 heavy (non-hydrogen) atoms. The fourth-order valence-corrected chi connectivity index (χ4v) is 4.00. The smallest absolute Gasteiger partial charge is 0.241 e. The van der Waals surface area contributed by atoms with Crippen molar-refractivity contribution >= 4 is 23.2 Å². The summed E-state index contributed by atoms with van der Waals surface area (Å²) < 4.78 is 2.15. The van der Waals surface area contributed by atoms with E-state index in [1.54, 1.807) is 17.2 Å². The minimum Gasteiger partial charge on any atom is -0.330 e. The summed E-state index contributed by atoms with van der Waals surface area (Å²) >= 11 is 6.13. The number of benzene rings is 2. The number of imidazole rings is 1. The van der Waals surface area contributed by atoms with Crippen LogP contribution in [0.5, 0.6) is 0 Å². The summed E-state index contributed by atoms with van der Waals surface area (Å²) in [6.07, 6.45) is 4.45. The maximum absolute atomic E-state index is 12.5. The summed E-state index contributed by atoms with van der Waals surface area (Å²) in [5.74, 6) is 0.976. The minimum atomic E-state index is 0.0316. The van der Waals surface area contributed by atoms with E-state index < -0.39 is 0 Å². The number of amides is 1. The molecule has 4 rings (SSSR count). The van der Waals surface area contributed by atoms with Crippen molar-refractivity contribution in [2.75, 3.05) is 18.0 Å². The molecule has 2 aromatic carbocycles. The standard InChI is InChI=1S/C23H22ClN5O/c1-16(21-15-29(23(30)14-27-21)20-4-2-3-19(24)12-20)28-10-9-26-22(28)11-17-5-7-18(13-25)8-6-17/h2-10,12,16,21,27H,11,14-15H2,1H3. The van der Waals surface area contributed by atoms with Crippen LogP contribution in [-0.4, -0.2) is 34.6 Å². The number of anilines is 1. The predicted octanol–water partition coefficient (Wildman–Crippen LogP) is 3.56. The van der Waals surface area contributed by atoms with Gasteiger partial charge in [0.15, 0.2) is 0 Å². The lowest BCUT2D eigenvalue weighted by atomic mass is 10.0. The van der Waals surface area contributed by atoms with Gasteiger partial charge in [-0.2, -0.15) is 5.26 Å². The highest BCUT2D eigenvalue weighted by molar-refractivity contribution is 6.30. The first-order valence-corrected chi connectivity index (χ1v) is 10.2. The van der Waals surface area contributed by atoms with Gasteiger partial charge in [0.1, 0.15) is 5.82 Å². The molecule has 1 saturated heterocycles. The second-order valence-corrected chi connectivity index (χ2v) is 7.88. The van der Waals surface area contributed by atoms with Crippen LogP contribution in [0.1, 0.15) is 29.9 Å². The topological polar surface area (TPSA) is 74.0 Å². The molecule has 1 aliphatic rings. The van der Waals surface area contributed by atoms with Gasteiger partial charge in [-0.25, -0.2) is 4.98 Å². The van der Waals surface area contributed by atoms with Gasteiger partial charge in [0, 0.05) is 48.2 Å². The third-order valence-corrected chi connectivity index (χ3v) is 5.77. The molecule has 0 radical (unpaired) electrons. The molecular weight excluding hydrogens is 398 g/mol. The maximum atomic E-state index is 12.5. The Hall–Kier alpha value is -3.14. The number of rotatable bonds is 5. The van der Waals surface area contributed by atoms with Crippen molar-refractivity contribution in [3.8, 4) is 6.07 Å². The normalized spacial score (nSPS) is 17.6. The average Bonchev–Trinajstić information content (AvgIpc) is 3.22. The number of aromatic nitrogens is 2. The number of halogens is 1. The molecule has 1 N–H and O–H groups in total. The van der Waals surface area contributed by atoms with Gasteiger partial charge in [0.2, 0.25) is 5.91 Å². The Morgan fingerprint density at radius 3 is 2.83 bits per heavy atom. The highest BCUT2D eigenvalue weighted by Gasteiger charge is 2.31. The van der Waals surface area contributed by atoms with Crippen LogP contribution in [0.2, 0.25) is 5.02 Å². The third-order valence-electron chi connectivity index (χ3n) is 5.53. The lowest BCUT2D eigenvalue weighted by molar-refractivity contribution is -0.119. The molecule has 3 aromatic rings. The number of hydrogen-bond acceptors (Lipinski definition) is 4. The van der Waals surface area contributed by atoms with Crippen LogP contribution in [0.25, 0.3) is 0 Å². The van der Waals surface area contributed by atoms with Crippen molar-refractivity contribution in [3.05, 3.63) is 82.9 Å². The molecule has 0 bridgehead atoms. The molecule has 0 aliphatic carbocycles. The second kappa shape index (κ2) is 8.70. The van der Waals surface area contributed by atoms with E-state index in [1.165, 1.54) is 0 Å². The summed E-state index contributed by atoms with van der Waals surface area (Å²) in [5, 5.41) is 13.0. The Kier molecular flexibility index (Phi) is 5.84. The van der Waals surface area contributed by atoms with Gasteiger partial charge in [0.25, 0.3) is 0 Å². The van der Waals surface area contributed by atoms with Crippen LogP contribution in [0, 0.1) is 11.3 Å².